The fraction of sp³-hybridized carbons (Fsp3) is 0.158. The van der Waals surface area contributed by atoms with Gasteiger partial charge in [-0.15, -0.1) is 0 Å². The molecule has 0 fully saturated rings. The molecule has 0 radical (unpaired) electrons. The van der Waals surface area contributed by atoms with E-state index >= 15 is 0 Å². The van der Waals surface area contributed by atoms with Gasteiger partial charge in [-0.1, -0.05) is 59.8 Å². The number of hydrogen-bond acceptors (Lipinski definition) is 4. The predicted molar refractivity (Wildman–Crippen MR) is 104 cm³/mol. The van der Waals surface area contributed by atoms with Crippen molar-refractivity contribution in [3.8, 4) is 0 Å². The van der Waals surface area contributed by atoms with Gasteiger partial charge in [-0.05, 0) is 23.8 Å². The number of aliphatic hydroxyl groups is 1. The maximum atomic E-state index is 12.2. The maximum Gasteiger partial charge on any atom is 0.234 e. The molecule has 7 heteroatoms. The molecule has 0 unspecified atom stereocenters. The van der Waals surface area contributed by atoms with Crippen molar-refractivity contribution < 1.29 is 9.90 Å². The Morgan fingerprint density at radius 1 is 1.19 bits per heavy atom. The predicted octanol–water partition coefficient (Wildman–Crippen LogP) is 3.81. The number of thioether (sulfide) groups is 1. The summed E-state index contributed by atoms with van der Waals surface area (Å²) in [6.07, 6.45) is 1.81. The number of anilines is 1. The van der Waals surface area contributed by atoms with Crippen LogP contribution in [-0.2, 0) is 17.9 Å². The summed E-state index contributed by atoms with van der Waals surface area (Å²) in [6, 6.07) is 17.0. The zero-order valence-corrected chi connectivity index (χ0v) is 15.5. The molecule has 0 saturated heterocycles. The minimum Gasteiger partial charge on any atom is -0.390 e. The molecule has 2 aromatic carbocycles. The Morgan fingerprint density at radius 2 is 2.00 bits per heavy atom. The second-order valence-corrected chi connectivity index (χ2v) is 7.01. The quantitative estimate of drug-likeness (QED) is 0.605. The van der Waals surface area contributed by atoms with Crippen LogP contribution < -0.4 is 5.32 Å². The molecule has 5 nitrogen and oxygen atoms in total. The van der Waals surface area contributed by atoms with Crippen molar-refractivity contribution in [2.75, 3.05) is 11.1 Å². The van der Waals surface area contributed by atoms with Crippen LogP contribution in [0.1, 0.15) is 11.3 Å². The first kappa shape index (κ1) is 18.5. The van der Waals surface area contributed by atoms with Crippen molar-refractivity contribution in [2.24, 2.45) is 0 Å². The zero-order valence-electron chi connectivity index (χ0n) is 13.9. The van der Waals surface area contributed by atoms with Crippen LogP contribution in [0.2, 0.25) is 5.02 Å². The smallest absolute Gasteiger partial charge is 0.234 e. The first-order chi connectivity index (χ1) is 12.6. The lowest BCUT2D eigenvalue weighted by Crippen LogP contribution is -2.14. The topological polar surface area (TPSA) is 67.1 Å². The third-order valence-corrected chi connectivity index (χ3v) is 4.81. The van der Waals surface area contributed by atoms with Crippen molar-refractivity contribution in [1.29, 1.82) is 0 Å². The Morgan fingerprint density at radius 3 is 2.73 bits per heavy atom. The third-order valence-electron chi connectivity index (χ3n) is 3.59. The van der Waals surface area contributed by atoms with E-state index < -0.39 is 0 Å². The number of carbonyl (C=O) groups is 1. The third kappa shape index (κ3) is 5.11. The minimum atomic E-state index is -0.142. The summed E-state index contributed by atoms with van der Waals surface area (Å²) in [5.74, 6) is 0.0699. The number of imidazole rings is 1. The molecule has 0 saturated carbocycles. The van der Waals surface area contributed by atoms with Gasteiger partial charge in [0.1, 0.15) is 0 Å². The second-order valence-electron chi connectivity index (χ2n) is 5.63. The van der Waals surface area contributed by atoms with E-state index in [1.54, 1.807) is 24.3 Å². The van der Waals surface area contributed by atoms with Gasteiger partial charge in [0.15, 0.2) is 5.16 Å². The number of aromatic nitrogens is 2. The summed E-state index contributed by atoms with van der Waals surface area (Å²) in [5, 5.41) is 13.4. The molecule has 134 valence electrons. The van der Waals surface area contributed by atoms with Gasteiger partial charge in [-0.25, -0.2) is 4.98 Å². The number of benzene rings is 2. The van der Waals surface area contributed by atoms with Crippen LogP contribution in [-0.4, -0.2) is 26.3 Å². The largest absolute Gasteiger partial charge is 0.390 e. The summed E-state index contributed by atoms with van der Waals surface area (Å²) in [5.41, 5.74) is 2.37. The van der Waals surface area contributed by atoms with Crippen LogP contribution in [0.3, 0.4) is 0 Å². The molecule has 1 amide bonds. The number of nitrogens with zero attached hydrogens (tertiary/aromatic N) is 2. The van der Waals surface area contributed by atoms with Crippen LogP contribution >= 0.6 is 23.4 Å². The Labute approximate surface area is 161 Å². The molecule has 0 spiro atoms. The average molecular weight is 388 g/mol. The van der Waals surface area contributed by atoms with Gasteiger partial charge in [0, 0.05) is 23.5 Å². The van der Waals surface area contributed by atoms with Crippen molar-refractivity contribution in [3.05, 3.63) is 77.1 Å². The van der Waals surface area contributed by atoms with Gasteiger partial charge in [-0.3, -0.25) is 4.79 Å². The number of rotatable bonds is 7. The van der Waals surface area contributed by atoms with Crippen molar-refractivity contribution >= 4 is 35.0 Å². The molecule has 1 heterocycles. The normalized spacial score (nSPS) is 10.7. The van der Waals surface area contributed by atoms with Gasteiger partial charge in [0.25, 0.3) is 0 Å². The SMILES string of the molecule is O=C(CSc1nc(CO)cn1Cc1ccccc1)Nc1cccc(Cl)c1. The first-order valence-corrected chi connectivity index (χ1v) is 9.39. The highest BCUT2D eigenvalue weighted by atomic mass is 35.5. The maximum absolute atomic E-state index is 12.2. The molecule has 0 atom stereocenters. The van der Waals surface area contributed by atoms with E-state index in [4.69, 9.17) is 11.6 Å². The first-order valence-electron chi connectivity index (χ1n) is 8.03. The lowest BCUT2D eigenvalue weighted by atomic mass is 10.2. The van der Waals surface area contributed by atoms with Crippen LogP contribution in [0, 0.1) is 0 Å². The minimum absolute atomic E-state index is 0.135. The molecule has 2 N–H and O–H groups in total. The lowest BCUT2D eigenvalue weighted by Gasteiger charge is -2.08. The number of hydrogen-bond donors (Lipinski definition) is 2. The molecule has 3 rings (SSSR count). The van der Waals surface area contributed by atoms with Crippen LogP contribution in [0.25, 0.3) is 0 Å². The van der Waals surface area contributed by atoms with E-state index in [-0.39, 0.29) is 18.3 Å². The monoisotopic (exact) mass is 387 g/mol. The standard InChI is InChI=1S/C19H18ClN3O2S/c20-15-7-4-8-16(9-15)21-18(25)13-26-19-22-17(12-24)11-23(19)10-14-5-2-1-3-6-14/h1-9,11,24H,10,12-13H2,(H,21,25). The number of aliphatic hydroxyl groups excluding tert-OH is 1. The highest BCUT2D eigenvalue weighted by Gasteiger charge is 2.11. The van der Waals surface area contributed by atoms with E-state index in [2.05, 4.69) is 10.3 Å². The van der Waals surface area contributed by atoms with E-state index in [0.29, 0.717) is 28.1 Å². The van der Waals surface area contributed by atoms with Crippen molar-refractivity contribution in [2.45, 2.75) is 18.3 Å². The molecule has 1 aromatic heterocycles. The number of nitrogens with one attached hydrogen (secondary N) is 1. The molecule has 0 bridgehead atoms. The highest BCUT2D eigenvalue weighted by Crippen LogP contribution is 2.21. The van der Waals surface area contributed by atoms with Gasteiger partial charge >= 0.3 is 0 Å². The van der Waals surface area contributed by atoms with Gasteiger partial charge < -0.3 is 15.0 Å². The molecule has 3 aromatic rings. The van der Waals surface area contributed by atoms with Crippen LogP contribution in [0.4, 0.5) is 5.69 Å². The van der Waals surface area contributed by atoms with Crippen LogP contribution in [0.15, 0.2) is 66.0 Å². The van der Waals surface area contributed by atoms with Gasteiger partial charge in [0.05, 0.1) is 18.1 Å². The molecule has 0 aliphatic rings. The summed E-state index contributed by atoms with van der Waals surface area (Å²) >= 11 is 7.25. The summed E-state index contributed by atoms with van der Waals surface area (Å²) in [6.45, 7) is 0.496. The molecular formula is C19H18ClN3O2S. The fourth-order valence-electron chi connectivity index (χ4n) is 2.43. The Balaban J connectivity index is 1.65. The Kier molecular flexibility index (Phi) is 6.33. The van der Waals surface area contributed by atoms with E-state index in [0.717, 1.165) is 5.56 Å². The Bertz CT molecular complexity index is 884. The summed E-state index contributed by atoms with van der Waals surface area (Å²) in [7, 11) is 0. The number of amides is 1. The second kappa shape index (κ2) is 8.89. The summed E-state index contributed by atoms with van der Waals surface area (Å²) < 4.78 is 1.94. The number of carbonyl (C=O) groups excluding carboxylic acids is 1. The molecule has 0 aliphatic heterocycles. The summed E-state index contributed by atoms with van der Waals surface area (Å²) in [4.78, 5) is 16.6. The number of halogens is 1. The van der Waals surface area contributed by atoms with Gasteiger partial charge in [0.2, 0.25) is 5.91 Å². The van der Waals surface area contributed by atoms with E-state index in [1.807, 2.05) is 41.1 Å². The average Bonchev–Trinajstić information content (AvgIpc) is 3.03. The lowest BCUT2D eigenvalue weighted by molar-refractivity contribution is -0.113. The molecule has 26 heavy (non-hydrogen) atoms. The zero-order chi connectivity index (χ0) is 18.4. The van der Waals surface area contributed by atoms with E-state index in [1.165, 1.54) is 11.8 Å². The van der Waals surface area contributed by atoms with E-state index in [9.17, 15) is 9.90 Å². The fourth-order valence-corrected chi connectivity index (χ4v) is 3.42. The Hall–Kier alpha value is -2.28. The van der Waals surface area contributed by atoms with Crippen molar-refractivity contribution in [3.63, 3.8) is 0 Å². The molecule has 0 aliphatic carbocycles. The highest BCUT2D eigenvalue weighted by molar-refractivity contribution is 7.99. The molecular weight excluding hydrogens is 370 g/mol. The van der Waals surface area contributed by atoms with Crippen LogP contribution in [0.5, 0.6) is 0 Å². The van der Waals surface area contributed by atoms with Gasteiger partial charge in [-0.2, -0.15) is 0 Å². The van der Waals surface area contributed by atoms with Crippen molar-refractivity contribution in [1.82, 2.24) is 9.55 Å².